The molecule has 1 atom stereocenters. The Morgan fingerprint density at radius 1 is 1.23 bits per heavy atom. The van der Waals surface area contributed by atoms with Gasteiger partial charge in [-0.3, -0.25) is 4.79 Å². The number of anilines is 1. The third kappa shape index (κ3) is 6.69. The fourth-order valence-corrected chi connectivity index (χ4v) is 5.40. The van der Waals surface area contributed by atoms with Crippen molar-refractivity contribution >= 4 is 22.8 Å². The lowest BCUT2D eigenvalue weighted by Crippen LogP contribution is -2.42. The predicted octanol–water partition coefficient (Wildman–Crippen LogP) is 4.46. The van der Waals surface area contributed by atoms with Gasteiger partial charge >= 0.3 is 0 Å². The predicted molar refractivity (Wildman–Crippen MR) is 164 cm³/mol. The number of likely N-dealkylation sites (tertiary alicyclic amines) is 1. The molecule has 44 heavy (non-hydrogen) atoms. The first kappa shape index (κ1) is 30.6. The number of para-hydroxylation sites is 1. The Morgan fingerprint density at radius 3 is 2.75 bits per heavy atom. The molecule has 2 aromatic carbocycles. The van der Waals surface area contributed by atoms with Gasteiger partial charge in [-0.2, -0.15) is 10.4 Å². The molecule has 1 aliphatic rings. The molecule has 228 valence electrons. The van der Waals surface area contributed by atoms with E-state index in [0.29, 0.717) is 54.3 Å². The molecule has 1 fully saturated rings. The summed E-state index contributed by atoms with van der Waals surface area (Å²) in [7, 11) is 1.61. The summed E-state index contributed by atoms with van der Waals surface area (Å²) in [5.41, 5.74) is 6.66. The van der Waals surface area contributed by atoms with E-state index in [1.807, 2.05) is 32.0 Å². The third-order valence-electron chi connectivity index (χ3n) is 7.50. The molecule has 0 spiro atoms. The lowest BCUT2D eigenvalue weighted by Gasteiger charge is -2.27. The molecule has 5 rings (SSSR count). The number of nitrogens with two attached hydrogens (primary N) is 1. The average molecular weight is 599 g/mol. The molecule has 1 amide bonds. The summed E-state index contributed by atoms with van der Waals surface area (Å²) in [5.74, 6) is 0.198. The number of nitriles is 1. The SMILES string of the molecule is COCCNC(C)(C)/C=C(/C#N)C(=O)N1CCC[C@@H]1Cn1nc(-c2ccc(Oc3ccccc3)cc2F)c2c(N)ncnc21. The summed E-state index contributed by atoms with van der Waals surface area (Å²) in [6, 6.07) is 15.5. The number of methoxy groups -OCH3 is 1. The number of nitrogens with zero attached hydrogens (tertiary/aromatic N) is 6. The molecule has 0 aliphatic carbocycles. The molecule has 0 saturated carbocycles. The van der Waals surface area contributed by atoms with Gasteiger partial charge in [-0.25, -0.2) is 19.0 Å². The van der Waals surface area contributed by atoms with Crippen molar-refractivity contribution < 1.29 is 18.7 Å². The number of aromatic nitrogens is 4. The van der Waals surface area contributed by atoms with Gasteiger partial charge in [-0.1, -0.05) is 18.2 Å². The van der Waals surface area contributed by atoms with Crippen LogP contribution in [0, 0.1) is 17.1 Å². The lowest BCUT2D eigenvalue weighted by molar-refractivity contribution is -0.127. The van der Waals surface area contributed by atoms with Crippen LogP contribution in [0.2, 0.25) is 0 Å². The van der Waals surface area contributed by atoms with Crippen molar-refractivity contribution in [3.63, 3.8) is 0 Å². The smallest absolute Gasteiger partial charge is 0.264 e. The zero-order chi connectivity index (χ0) is 31.3. The first-order valence-corrected chi connectivity index (χ1v) is 14.4. The first-order valence-electron chi connectivity index (χ1n) is 14.4. The minimum Gasteiger partial charge on any atom is -0.457 e. The minimum atomic E-state index is -0.595. The first-order chi connectivity index (χ1) is 21.2. The number of ether oxygens (including phenoxy) is 2. The van der Waals surface area contributed by atoms with Gasteiger partial charge in [0, 0.05) is 37.4 Å². The summed E-state index contributed by atoms with van der Waals surface area (Å²) in [6.45, 7) is 5.66. The highest BCUT2D eigenvalue weighted by atomic mass is 19.1. The number of halogens is 1. The third-order valence-corrected chi connectivity index (χ3v) is 7.50. The van der Waals surface area contributed by atoms with Gasteiger partial charge in [0.25, 0.3) is 5.91 Å². The molecule has 3 N–H and O–H groups in total. The molecule has 0 radical (unpaired) electrons. The van der Waals surface area contributed by atoms with Gasteiger partial charge in [0.1, 0.15) is 46.8 Å². The maximum absolute atomic E-state index is 15.5. The summed E-state index contributed by atoms with van der Waals surface area (Å²) >= 11 is 0. The van der Waals surface area contributed by atoms with E-state index in [0.717, 1.165) is 6.42 Å². The number of carbonyl (C=O) groups is 1. The van der Waals surface area contributed by atoms with E-state index < -0.39 is 11.4 Å². The summed E-state index contributed by atoms with van der Waals surface area (Å²) in [4.78, 5) is 23.8. The van der Waals surface area contributed by atoms with Gasteiger partial charge in [-0.15, -0.1) is 0 Å². The zero-order valence-corrected chi connectivity index (χ0v) is 25.0. The summed E-state index contributed by atoms with van der Waals surface area (Å²) in [5, 5.41) is 18.3. The molecule has 4 aromatic rings. The van der Waals surface area contributed by atoms with E-state index in [4.69, 9.17) is 20.3 Å². The highest BCUT2D eigenvalue weighted by Gasteiger charge is 2.33. The van der Waals surface area contributed by atoms with E-state index in [9.17, 15) is 10.1 Å². The van der Waals surface area contributed by atoms with Gasteiger partial charge < -0.3 is 25.4 Å². The molecule has 2 aromatic heterocycles. The summed E-state index contributed by atoms with van der Waals surface area (Å²) in [6.07, 6.45) is 4.46. The second-order valence-electron chi connectivity index (χ2n) is 11.2. The Bertz CT molecular complexity index is 1710. The Labute approximate surface area is 255 Å². The molecule has 3 heterocycles. The van der Waals surface area contributed by atoms with Crippen molar-refractivity contribution in [2.24, 2.45) is 0 Å². The molecule has 1 saturated heterocycles. The maximum Gasteiger partial charge on any atom is 0.264 e. The number of amides is 1. The van der Waals surface area contributed by atoms with Crippen LogP contribution in [0.15, 0.2) is 66.5 Å². The van der Waals surface area contributed by atoms with Crippen LogP contribution < -0.4 is 15.8 Å². The van der Waals surface area contributed by atoms with Gasteiger partial charge in [0.15, 0.2) is 5.65 Å². The number of benzene rings is 2. The Hall–Kier alpha value is -4.86. The second-order valence-corrected chi connectivity index (χ2v) is 11.2. The van der Waals surface area contributed by atoms with Gasteiger partial charge in [0.05, 0.1) is 24.6 Å². The molecular formula is C32H35FN8O3. The van der Waals surface area contributed by atoms with Crippen LogP contribution in [0.3, 0.4) is 0 Å². The quantitative estimate of drug-likeness (QED) is 0.145. The Morgan fingerprint density at radius 2 is 2.02 bits per heavy atom. The standard InChI is InChI=1S/C32H35FN8O3/c1-32(2,38-13-15-43-3)17-21(18-34)31(42)40-14-7-8-22(40)19-41-30-27(29(35)36-20-37-30)28(39-41)25-12-11-24(16-26(25)33)44-23-9-5-4-6-10-23/h4-6,9-12,16-17,20,22,38H,7-8,13-15,19H2,1-3H3,(H2,35,36,37)/b21-17-/t22-/m1/s1. The monoisotopic (exact) mass is 598 g/mol. The zero-order valence-electron chi connectivity index (χ0n) is 25.0. The van der Waals surface area contributed by atoms with Crippen LogP contribution in [0.1, 0.15) is 26.7 Å². The Balaban J connectivity index is 1.42. The van der Waals surface area contributed by atoms with Crippen LogP contribution in [0.25, 0.3) is 22.3 Å². The fraction of sp³-hybridized carbons (Fsp3) is 0.344. The van der Waals surface area contributed by atoms with Crippen molar-refractivity contribution in [1.82, 2.24) is 30.0 Å². The normalized spacial score (nSPS) is 15.5. The number of carbonyl (C=O) groups excluding carboxylic acids is 1. The van der Waals surface area contributed by atoms with Crippen molar-refractivity contribution in [2.45, 2.75) is 44.8 Å². The van der Waals surface area contributed by atoms with Crippen LogP contribution in [-0.2, 0) is 16.1 Å². The molecule has 11 nitrogen and oxygen atoms in total. The maximum atomic E-state index is 15.5. The van der Waals surface area contributed by atoms with Crippen molar-refractivity contribution in [2.75, 3.05) is 32.5 Å². The van der Waals surface area contributed by atoms with E-state index in [1.54, 1.807) is 47.0 Å². The largest absolute Gasteiger partial charge is 0.457 e. The van der Waals surface area contributed by atoms with Crippen LogP contribution in [0.5, 0.6) is 11.5 Å². The lowest BCUT2D eigenvalue weighted by atomic mass is 10.0. The molecule has 0 unspecified atom stereocenters. The summed E-state index contributed by atoms with van der Waals surface area (Å²) < 4.78 is 28.0. The van der Waals surface area contributed by atoms with Gasteiger partial charge in [-0.05, 0) is 57.0 Å². The van der Waals surface area contributed by atoms with Crippen LogP contribution in [-0.4, -0.2) is 68.9 Å². The highest BCUT2D eigenvalue weighted by molar-refractivity contribution is 5.99. The molecule has 12 heteroatoms. The van der Waals surface area contributed by atoms with Gasteiger partial charge in [0.2, 0.25) is 0 Å². The van der Waals surface area contributed by atoms with Crippen LogP contribution >= 0.6 is 0 Å². The van der Waals surface area contributed by atoms with Crippen molar-refractivity contribution in [3.05, 3.63) is 72.3 Å². The van der Waals surface area contributed by atoms with E-state index in [1.165, 1.54) is 12.4 Å². The topological polar surface area (TPSA) is 144 Å². The fourth-order valence-electron chi connectivity index (χ4n) is 5.40. The van der Waals surface area contributed by atoms with Crippen molar-refractivity contribution in [1.29, 1.82) is 5.26 Å². The minimum absolute atomic E-state index is 0.0595. The van der Waals surface area contributed by atoms with E-state index >= 15 is 4.39 Å². The highest BCUT2D eigenvalue weighted by Crippen LogP contribution is 2.35. The number of hydrogen-bond acceptors (Lipinski definition) is 9. The van der Waals surface area contributed by atoms with E-state index in [2.05, 4.69) is 21.4 Å². The van der Waals surface area contributed by atoms with E-state index in [-0.39, 0.29) is 35.4 Å². The molecule has 1 aliphatic heterocycles. The Kier molecular flexibility index (Phi) is 9.18. The molecule has 0 bridgehead atoms. The average Bonchev–Trinajstić information content (AvgIpc) is 3.62. The number of hydrogen-bond donors (Lipinski definition) is 2. The van der Waals surface area contributed by atoms with Crippen LogP contribution in [0.4, 0.5) is 10.2 Å². The number of nitrogen functional groups attached to an aromatic ring is 1. The second kappa shape index (κ2) is 13.2. The number of fused-ring (bicyclic) bond motifs is 1. The van der Waals surface area contributed by atoms with Crippen molar-refractivity contribution in [3.8, 4) is 28.8 Å². The number of rotatable bonds is 11. The molecular weight excluding hydrogens is 563 g/mol. The number of nitrogens with one attached hydrogen (secondary N) is 1.